The van der Waals surface area contributed by atoms with Crippen molar-refractivity contribution in [3.63, 3.8) is 0 Å². The summed E-state index contributed by atoms with van der Waals surface area (Å²) in [5.74, 6) is -0.218. The predicted octanol–water partition coefficient (Wildman–Crippen LogP) is 2.36. The molecule has 0 bridgehead atoms. The van der Waals surface area contributed by atoms with Crippen LogP contribution in [0.4, 0.5) is 0 Å². The average Bonchev–Trinajstić information content (AvgIpc) is 3.26. The lowest BCUT2D eigenvalue weighted by Crippen LogP contribution is -2.27. The van der Waals surface area contributed by atoms with E-state index in [1.54, 1.807) is 19.1 Å². The Morgan fingerprint density at radius 1 is 1.39 bits per heavy atom. The number of rotatable bonds is 5. The van der Waals surface area contributed by atoms with Crippen LogP contribution in [-0.4, -0.2) is 43.5 Å². The number of aromatic nitrogens is 1. The highest BCUT2D eigenvalue weighted by molar-refractivity contribution is 7.91. The van der Waals surface area contributed by atoms with Crippen molar-refractivity contribution in [3.05, 3.63) is 23.9 Å². The first kappa shape index (κ1) is 16.2. The predicted molar refractivity (Wildman–Crippen MR) is 83.8 cm³/mol. The van der Waals surface area contributed by atoms with E-state index in [0.29, 0.717) is 23.7 Å². The molecule has 2 aromatic heterocycles. The Labute approximate surface area is 137 Å². The zero-order chi connectivity index (χ0) is 16.4. The van der Waals surface area contributed by atoms with E-state index in [2.05, 4.69) is 5.16 Å². The van der Waals surface area contributed by atoms with Gasteiger partial charge in [0, 0.05) is 19.2 Å². The van der Waals surface area contributed by atoms with E-state index in [-0.39, 0.29) is 16.5 Å². The molecule has 0 aromatic carbocycles. The molecule has 0 radical (unpaired) electrons. The first-order valence-corrected chi connectivity index (χ1v) is 9.52. The van der Waals surface area contributed by atoms with Gasteiger partial charge in [0.2, 0.25) is 0 Å². The van der Waals surface area contributed by atoms with E-state index in [9.17, 15) is 13.2 Å². The summed E-state index contributed by atoms with van der Waals surface area (Å²) in [6.45, 7) is 3.07. The summed E-state index contributed by atoms with van der Waals surface area (Å²) >= 11 is 1.10. The molecule has 124 valence electrons. The molecular weight excluding hydrogens is 340 g/mol. The van der Waals surface area contributed by atoms with Crippen molar-refractivity contribution in [1.82, 2.24) is 9.46 Å². The number of carbonyl (C=O) groups excluding carboxylic acids is 1. The maximum absolute atomic E-state index is 12.5. The van der Waals surface area contributed by atoms with E-state index >= 15 is 0 Å². The molecule has 9 heteroatoms. The Morgan fingerprint density at radius 2 is 2.13 bits per heavy atom. The van der Waals surface area contributed by atoms with Gasteiger partial charge in [-0.15, -0.1) is 11.3 Å². The van der Waals surface area contributed by atoms with Crippen LogP contribution in [0, 0.1) is 0 Å². The molecule has 0 amide bonds. The molecule has 0 N–H and O–H groups in total. The Hall–Kier alpha value is -1.71. The fourth-order valence-electron chi connectivity index (χ4n) is 2.34. The average molecular weight is 356 g/mol. The second kappa shape index (κ2) is 6.42. The molecule has 0 saturated carbocycles. The summed E-state index contributed by atoms with van der Waals surface area (Å²) in [6.07, 6.45) is 1.78. The van der Waals surface area contributed by atoms with Crippen LogP contribution in [0.1, 0.15) is 30.3 Å². The van der Waals surface area contributed by atoms with Gasteiger partial charge in [-0.25, -0.2) is 13.2 Å². The molecule has 3 heterocycles. The highest BCUT2D eigenvalue weighted by Crippen LogP contribution is 2.33. The lowest BCUT2D eigenvalue weighted by molar-refractivity contribution is 0.0514. The molecule has 1 aliphatic heterocycles. The minimum Gasteiger partial charge on any atom is -0.461 e. The maximum Gasteiger partial charge on any atom is 0.360 e. The van der Waals surface area contributed by atoms with Crippen molar-refractivity contribution in [2.24, 2.45) is 0 Å². The van der Waals surface area contributed by atoms with Crippen molar-refractivity contribution in [2.75, 3.05) is 19.7 Å². The van der Waals surface area contributed by atoms with Gasteiger partial charge in [0.25, 0.3) is 10.0 Å². The summed E-state index contributed by atoms with van der Waals surface area (Å²) in [7, 11) is -3.45. The van der Waals surface area contributed by atoms with Gasteiger partial charge in [0.05, 0.1) is 11.5 Å². The Bertz CT molecular complexity index is 803. The van der Waals surface area contributed by atoms with E-state index in [1.165, 1.54) is 10.4 Å². The number of thiophene rings is 1. The minimum absolute atomic E-state index is 0.0687. The van der Waals surface area contributed by atoms with Crippen LogP contribution < -0.4 is 0 Å². The normalized spacial score (nSPS) is 15.9. The zero-order valence-electron chi connectivity index (χ0n) is 12.5. The van der Waals surface area contributed by atoms with Crippen molar-refractivity contribution in [2.45, 2.75) is 24.0 Å². The Kier molecular flexibility index (Phi) is 4.51. The lowest BCUT2D eigenvalue weighted by Gasteiger charge is -2.13. The second-order valence-electron chi connectivity index (χ2n) is 5.03. The molecule has 3 rings (SSSR count). The first-order valence-electron chi connectivity index (χ1n) is 7.26. The smallest absolute Gasteiger partial charge is 0.360 e. The largest absolute Gasteiger partial charge is 0.461 e. The van der Waals surface area contributed by atoms with Gasteiger partial charge in [-0.05, 0) is 31.9 Å². The standard InChI is InChI=1S/C14H16N2O5S2/c1-2-20-14(17)10-9-11(21-15-10)12-5-6-13(22-12)23(18,19)16-7-3-4-8-16/h5-6,9H,2-4,7-8H2,1H3. The van der Waals surface area contributed by atoms with Crippen LogP contribution in [0.2, 0.25) is 0 Å². The van der Waals surface area contributed by atoms with Crippen LogP contribution in [0.15, 0.2) is 26.9 Å². The molecular formula is C14H16N2O5S2. The molecule has 1 fully saturated rings. The number of carbonyl (C=O) groups is 1. The van der Waals surface area contributed by atoms with Crippen LogP contribution in [0.5, 0.6) is 0 Å². The molecule has 0 unspecified atom stereocenters. The molecule has 7 nitrogen and oxygen atoms in total. The number of sulfonamides is 1. The highest BCUT2D eigenvalue weighted by Gasteiger charge is 2.29. The van der Waals surface area contributed by atoms with E-state index in [0.717, 1.165) is 24.2 Å². The second-order valence-corrected chi connectivity index (χ2v) is 8.28. The van der Waals surface area contributed by atoms with E-state index in [4.69, 9.17) is 9.26 Å². The van der Waals surface area contributed by atoms with Gasteiger partial charge in [-0.1, -0.05) is 5.16 Å². The number of hydrogen-bond donors (Lipinski definition) is 0. The number of ether oxygens (including phenoxy) is 1. The number of esters is 1. The molecule has 1 aliphatic rings. The third kappa shape index (κ3) is 3.17. The lowest BCUT2D eigenvalue weighted by atomic mass is 10.3. The highest BCUT2D eigenvalue weighted by atomic mass is 32.2. The fourth-order valence-corrected chi connectivity index (χ4v) is 5.27. The van der Waals surface area contributed by atoms with Gasteiger partial charge in [-0.3, -0.25) is 0 Å². The first-order chi connectivity index (χ1) is 11.0. The molecule has 2 aromatic rings. The van der Waals surface area contributed by atoms with Gasteiger partial charge >= 0.3 is 5.97 Å². The summed E-state index contributed by atoms with van der Waals surface area (Å²) in [5, 5.41) is 3.66. The van der Waals surface area contributed by atoms with Gasteiger partial charge in [0.15, 0.2) is 11.5 Å². The quantitative estimate of drug-likeness (QED) is 0.764. The Balaban J connectivity index is 1.83. The molecule has 0 atom stereocenters. The third-order valence-corrected chi connectivity index (χ3v) is 6.94. The van der Waals surface area contributed by atoms with Crippen LogP contribution in [-0.2, 0) is 14.8 Å². The summed E-state index contributed by atoms with van der Waals surface area (Å²) in [6, 6.07) is 4.67. The van der Waals surface area contributed by atoms with Crippen molar-refractivity contribution in [1.29, 1.82) is 0 Å². The molecule has 0 spiro atoms. The van der Waals surface area contributed by atoms with Gasteiger partial charge < -0.3 is 9.26 Å². The van der Waals surface area contributed by atoms with Crippen LogP contribution in [0.3, 0.4) is 0 Å². The summed E-state index contributed by atoms with van der Waals surface area (Å²) < 4.78 is 36.7. The summed E-state index contributed by atoms with van der Waals surface area (Å²) in [4.78, 5) is 12.2. The van der Waals surface area contributed by atoms with Crippen molar-refractivity contribution in [3.8, 4) is 10.6 Å². The van der Waals surface area contributed by atoms with Crippen LogP contribution in [0.25, 0.3) is 10.6 Å². The number of hydrogen-bond acceptors (Lipinski definition) is 7. The maximum atomic E-state index is 12.5. The SMILES string of the molecule is CCOC(=O)c1cc(-c2ccc(S(=O)(=O)N3CCCC3)s2)on1. The Morgan fingerprint density at radius 3 is 2.83 bits per heavy atom. The van der Waals surface area contributed by atoms with Crippen molar-refractivity contribution >= 4 is 27.3 Å². The number of nitrogens with zero attached hydrogens (tertiary/aromatic N) is 2. The third-order valence-electron chi connectivity index (χ3n) is 3.48. The summed E-state index contributed by atoms with van der Waals surface area (Å²) in [5.41, 5.74) is 0.0687. The van der Waals surface area contributed by atoms with E-state index < -0.39 is 16.0 Å². The topological polar surface area (TPSA) is 89.7 Å². The van der Waals surface area contributed by atoms with Crippen molar-refractivity contribution < 1.29 is 22.5 Å². The molecule has 1 saturated heterocycles. The minimum atomic E-state index is -3.45. The fraction of sp³-hybridized carbons (Fsp3) is 0.429. The van der Waals surface area contributed by atoms with Crippen LogP contribution >= 0.6 is 11.3 Å². The van der Waals surface area contributed by atoms with Gasteiger partial charge in [-0.2, -0.15) is 4.31 Å². The van der Waals surface area contributed by atoms with Gasteiger partial charge in [0.1, 0.15) is 4.21 Å². The zero-order valence-corrected chi connectivity index (χ0v) is 14.2. The van der Waals surface area contributed by atoms with E-state index in [1.807, 2.05) is 0 Å². The monoisotopic (exact) mass is 356 g/mol. The molecule has 0 aliphatic carbocycles. The molecule has 23 heavy (non-hydrogen) atoms.